The molecule has 1 atom stereocenters. The molecule has 0 radical (unpaired) electrons. The van der Waals surface area contributed by atoms with Crippen molar-refractivity contribution >= 4 is 5.91 Å². The summed E-state index contributed by atoms with van der Waals surface area (Å²) in [5.41, 5.74) is 1.54. The molecule has 1 saturated heterocycles. The third-order valence-electron chi connectivity index (χ3n) is 2.83. The maximum atomic E-state index is 12.0. The molecular formula is C11H18N4O. The van der Waals surface area contributed by atoms with Gasteiger partial charge in [0, 0.05) is 19.1 Å². The fourth-order valence-corrected chi connectivity index (χ4v) is 2.01. The van der Waals surface area contributed by atoms with E-state index in [2.05, 4.69) is 15.7 Å². The number of hydrogen-bond donors (Lipinski definition) is 2. The Morgan fingerprint density at radius 1 is 1.75 bits per heavy atom. The largest absolute Gasteiger partial charge is 0.347 e. The van der Waals surface area contributed by atoms with Crippen molar-refractivity contribution in [3.8, 4) is 0 Å². The van der Waals surface area contributed by atoms with Gasteiger partial charge in [0.2, 0.25) is 0 Å². The van der Waals surface area contributed by atoms with Gasteiger partial charge in [0.15, 0.2) is 0 Å². The summed E-state index contributed by atoms with van der Waals surface area (Å²) in [5.74, 6) is -0.0175. The quantitative estimate of drug-likeness (QED) is 0.773. The number of nitrogens with zero attached hydrogens (tertiary/aromatic N) is 2. The zero-order valence-electron chi connectivity index (χ0n) is 9.79. The first kappa shape index (κ1) is 11.1. The average molecular weight is 222 g/mol. The minimum absolute atomic E-state index is 0.0175. The van der Waals surface area contributed by atoms with Crippen LogP contribution in [0, 0.1) is 6.92 Å². The predicted octanol–water partition coefficient (Wildman–Crippen LogP) is 0.303. The van der Waals surface area contributed by atoms with Crippen LogP contribution in [-0.4, -0.2) is 34.8 Å². The second kappa shape index (κ2) is 4.65. The fraction of sp³-hybridized carbons (Fsp3) is 0.636. The van der Waals surface area contributed by atoms with Crippen molar-refractivity contribution in [2.24, 2.45) is 0 Å². The molecule has 88 valence electrons. The maximum Gasteiger partial charge on any atom is 0.269 e. The summed E-state index contributed by atoms with van der Waals surface area (Å²) in [6.07, 6.45) is 1.00. The highest BCUT2D eigenvalue weighted by molar-refractivity contribution is 5.92. The lowest BCUT2D eigenvalue weighted by Gasteiger charge is -2.11. The molecule has 5 heteroatoms. The van der Waals surface area contributed by atoms with Gasteiger partial charge in [-0.05, 0) is 32.9 Å². The standard InChI is InChI=1S/C11H18N4O/c1-3-15-10(6-8(2)14-15)11(16)13-9-4-5-12-7-9/h6,9,12H,3-5,7H2,1-2H3,(H,13,16)/t9-/m1/s1. The lowest BCUT2D eigenvalue weighted by Crippen LogP contribution is -2.37. The van der Waals surface area contributed by atoms with Crippen LogP contribution in [0.5, 0.6) is 0 Å². The normalized spacial score (nSPS) is 20.0. The molecule has 0 spiro atoms. The van der Waals surface area contributed by atoms with E-state index in [-0.39, 0.29) is 11.9 Å². The van der Waals surface area contributed by atoms with E-state index in [1.807, 2.05) is 19.9 Å². The van der Waals surface area contributed by atoms with Crippen molar-refractivity contribution in [1.82, 2.24) is 20.4 Å². The van der Waals surface area contributed by atoms with E-state index >= 15 is 0 Å². The van der Waals surface area contributed by atoms with Gasteiger partial charge in [-0.3, -0.25) is 9.48 Å². The number of aryl methyl sites for hydroxylation is 2. The summed E-state index contributed by atoms with van der Waals surface area (Å²) in [4.78, 5) is 12.0. The molecule has 1 aliphatic rings. The number of carbonyl (C=O) groups is 1. The predicted molar refractivity (Wildman–Crippen MR) is 61.4 cm³/mol. The molecule has 2 heterocycles. The number of nitrogens with one attached hydrogen (secondary N) is 2. The van der Waals surface area contributed by atoms with Crippen molar-refractivity contribution in [2.45, 2.75) is 32.9 Å². The van der Waals surface area contributed by atoms with Gasteiger partial charge in [-0.1, -0.05) is 0 Å². The van der Waals surface area contributed by atoms with Gasteiger partial charge in [-0.2, -0.15) is 5.10 Å². The van der Waals surface area contributed by atoms with E-state index in [1.54, 1.807) is 4.68 Å². The minimum Gasteiger partial charge on any atom is -0.347 e. The molecule has 1 amide bonds. The first-order valence-corrected chi connectivity index (χ1v) is 5.76. The summed E-state index contributed by atoms with van der Waals surface area (Å²) in [6.45, 7) is 6.46. The number of rotatable bonds is 3. The molecule has 0 bridgehead atoms. The molecular weight excluding hydrogens is 204 g/mol. The molecule has 1 aromatic rings. The summed E-state index contributed by atoms with van der Waals surface area (Å²) in [5, 5.41) is 10.5. The lowest BCUT2D eigenvalue weighted by atomic mass is 10.2. The monoisotopic (exact) mass is 222 g/mol. The highest BCUT2D eigenvalue weighted by Gasteiger charge is 2.19. The maximum absolute atomic E-state index is 12.0. The summed E-state index contributed by atoms with van der Waals surface area (Å²) in [7, 11) is 0. The van der Waals surface area contributed by atoms with E-state index in [0.29, 0.717) is 5.69 Å². The molecule has 0 aromatic carbocycles. The van der Waals surface area contributed by atoms with Gasteiger partial charge in [0.05, 0.1) is 5.69 Å². The minimum atomic E-state index is -0.0175. The van der Waals surface area contributed by atoms with Crippen molar-refractivity contribution in [3.05, 3.63) is 17.5 Å². The van der Waals surface area contributed by atoms with E-state index < -0.39 is 0 Å². The van der Waals surface area contributed by atoms with Gasteiger partial charge >= 0.3 is 0 Å². The summed E-state index contributed by atoms with van der Waals surface area (Å²) in [6, 6.07) is 2.09. The second-order valence-electron chi connectivity index (χ2n) is 4.15. The molecule has 0 aliphatic carbocycles. The third kappa shape index (κ3) is 2.24. The van der Waals surface area contributed by atoms with Crippen molar-refractivity contribution < 1.29 is 4.79 Å². The first-order chi connectivity index (χ1) is 7.70. The Bertz CT molecular complexity index is 379. The summed E-state index contributed by atoms with van der Waals surface area (Å²) < 4.78 is 1.74. The smallest absolute Gasteiger partial charge is 0.269 e. The Morgan fingerprint density at radius 2 is 2.56 bits per heavy atom. The van der Waals surface area contributed by atoms with Crippen LogP contribution in [0.2, 0.25) is 0 Å². The van der Waals surface area contributed by atoms with Crippen LogP contribution in [-0.2, 0) is 6.54 Å². The van der Waals surface area contributed by atoms with Crippen LogP contribution in [0.3, 0.4) is 0 Å². The molecule has 1 aromatic heterocycles. The average Bonchev–Trinajstić information content (AvgIpc) is 2.86. The molecule has 1 fully saturated rings. The third-order valence-corrected chi connectivity index (χ3v) is 2.83. The number of amides is 1. The second-order valence-corrected chi connectivity index (χ2v) is 4.15. The van der Waals surface area contributed by atoms with Crippen LogP contribution in [0.1, 0.15) is 29.5 Å². The SMILES string of the molecule is CCn1nc(C)cc1C(=O)N[C@@H]1CCNC1. The highest BCUT2D eigenvalue weighted by Crippen LogP contribution is 2.05. The Kier molecular flexibility index (Phi) is 3.24. The highest BCUT2D eigenvalue weighted by atomic mass is 16.2. The van der Waals surface area contributed by atoms with Crippen LogP contribution < -0.4 is 10.6 Å². The zero-order chi connectivity index (χ0) is 11.5. The van der Waals surface area contributed by atoms with Crippen LogP contribution in [0.25, 0.3) is 0 Å². The molecule has 0 unspecified atom stereocenters. The van der Waals surface area contributed by atoms with Crippen molar-refractivity contribution in [2.75, 3.05) is 13.1 Å². The van der Waals surface area contributed by atoms with Crippen LogP contribution in [0.4, 0.5) is 0 Å². The summed E-state index contributed by atoms with van der Waals surface area (Å²) >= 11 is 0. The molecule has 5 nitrogen and oxygen atoms in total. The first-order valence-electron chi connectivity index (χ1n) is 5.76. The van der Waals surface area contributed by atoms with Gasteiger partial charge in [-0.15, -0.1) is 0 Å². The Balaban J connectivity index is 2.07. The van der Waals surface area contributed by atoms with Gasteiger partial charge in [0.25, 0.3) is 5.91 Å². The molecule has 2 N–H and O–H groups in total. The number of carbonyl (C=O) groups excluding carboxylic acids is 1. The molecule has 16 heavy (non-hydrogen) atoms. The van der Waals surface area contributed by atoms with Crippen molar-refractivity contribution in [1.29, 1.82) is 0 Å². The van der Waals surface area contributed by atoms with Crippen LogP contribution >= 0.6 is 0 Å². The van der Waals surface area contributed by atoms with E-state index in [1.165, 1.54) is 0 Å². The molecule has 0 saturated carbocycles. The zero-order valence-corrected chi connectivity index (χ0v) is 9.79. The van der Waals surface area contributed by atoms with E-state index in [0.717, 1.165) is 31.7 Å². The topological polar surface area (TPSA) is 59.0 Å². The van der Waals surface area contributed by atoms with Gasteiger partial charge in [0.1, 0.15) is 5.69 Å². The van der Waals surface area contributed by atoms with Gasteiger partial charge < -0.3 is 10.6 Å². The Labute approximate surface area is 95.2 Å². The van der Waals surface area contributed by atoms with Crippen molar-refractivity contribution in [3.63, 3.8) is 0 Å². The lowest BCUT2D eigenvalue weighted by molar-refractivity contribution is 0.0929. The van der Waals surface area contributed by atoms with Gasteiger partial charge in [-0.25, -0.2) is 0 Å². The van der Waals surface area contributed by atoms with Crippen LogP contribution in [0.15, 0.2) is 6.07 Å². The number of hydrogen-bond acceptors (Lipinski definition) is 3. The van der Waals surface area contributed by atoms with E-state index in [4.69, 9.17) is 0 Å². The molecule has 2 rings (SSSR count). The Morgan fingerprint density at radius 3 is 3.19 bits per heavy atom. The fourth-order valence-electron chi connectivity index (χ4n) is 2.01. The number of aromatic nitrogens is 2. The molecule has 1 aliphatic heterocycles. The Hall–Kier alpha value is -1.36. The van der Waals surface area contributed by atoms with E-state index in [9.17, 15) is 4.79 Å².